The fraction of sp³-hybridized carbons (Fsp3) is 0.263. The number of anilines is 1. The van der Waals surface area contributed by atoms with Gasteiger partial charge >= 0.3 is 0 Å². The largest absolute Gasteiger partial charge is 0.497 e. The first kappa shape index (κ1) is 17.7. The van der Waals surface area contributed by atoms with Crippen LogP contribution in [-0.2, 0) is 20.9 Å². The van der Waals surface area contributed by atoms with Crippen molar-refractivity contribution in [3.05, 3.63) is 60.2 Å². The van der Waals surface area contributed by atoms with Gasteiger partial charge in [0, 0.05) is 5.69 Å². The van der Waals surface area contributed by atoms with Crippen molar-refractivity contribution in [3.8, 4) is 5.75 Å². The molecule has 24 heavy (non-hydrogen) atoms. The number of ketones is 1. The molecule has 0 spiro atoms. The van der Waals surface area contributed by atoms with Crippen LogP contribution in [0.4, 0.5) is 5.69 Å². The zero-order valence-corrected chi connectivity index (χ0v) is 13.8. The molecule has 0 saturated heterocycles. The summed E-state index contributed by atoms with van der Waals surface area (Å²) in [5.74, 6) is -0.743. The van der Waals surface area contributed by atoms with E-state index in [1.807, 2.05) is 30.3 Å². The lowest BCUT2D eigenvalue weighted by atomic mass is 10.1. The Morgan fingerprint density at radius 1 is 1.04 bits per heavy atom. The summed E-state index contributed by atoms with van der Waals surface area (Å²) in [6.45, 7) is 1.80. The average Bonchev–Trinajstić information content (AvgIpc) is 2.60. The summed E-state index contributed by atoms with van der Waals surface area (Å²) >= 11 is 0. The minimum absolute atomic E-state index is 0.0478. The standard InChI is InChI=1S/C19H21NO4/c1-14(21)18(13-24-12-15-6-4-3-5-7-15)19(22)20-16-8-10-17(23-2)11-9-16/h3-11,18H,12-13H2,1-2H3,(H,20,22)/t18-/m1/s1. The van der Waals surface area contributed by atoms with E-state index in [0.29, 0.717) is 18.0 Å². The molecule has 0 fully saturated rings. The molecule has 0 saturated carbocycles. The molecule has 126 valence electrons. The molecule has 0 aliphatic heterocycles. The van der Waals surface area contributed by atoms with Crippen molar-refractivity contribution in [1.82, 2.24) is 0 Å². The molecule has 0 radical (unpaired) electrons. The van der Waals surface area contributed by atoms with Crippen molar-refractivity contribution < 1.29 is 19.1 Å². The lowest BCUT2D eigenvalue weighted by Gasteiger charge is -2.15. The number of amides is 1. The van der Waals surface area contributed by atoms with Crippen molar-refractivity contribution in [2.24, 2.45) is 5.92 Å². The number of methoxy groups -OCH3 is 1. The van der Waals surface area contributed by atoms with Crippen molar-refractivity contribution in [3.63, 3.8) is 0 Å². The van der Waals surface area contributed by atoms with Crippen LogP contribution in [0.3, 0.4) is 0 Å². The Morgan fingerprint density at radius 3 is 2.29 bits per heavy atom. The van der Waals surface area contributed by atoms with Gasteiger partial charge in [-0.15, -0.1) is 0 Å². The van der Waals surface area contributed by atoms with Crippen LogP contribution in [-0.4, -0.2) is 25.4 Å². The Morgan fingerprint density at radius 2 is 1.71 bits per heavy atom. The highest BCUT2D eigenvalue weighted by Gasteiger charge is 2.23. The van der Waals surface area contributed by atoms with Crippen LogP contribution in [0.5, 0.6) is 5.75 Å². The summed E-state index contributed by atoms with van der Waals surface area (Å²) in [6, 6.07) is 16.5. The van der Waals surface area contributed by atoms with E-state index < -0.39 is 5.92 Å². The molecule has 0 aliphatic rings. The summed E-state index contributed by atoms with van der Waals surface area (Å²) in [7, 11) is 1.57. The van der Waals surface area contributed by atoms with Crippen molar-refractivity contribution in [2.75, 3.05) is 19.0 Å². The molecular weight excluding hydrogens is 306 g/mol. The third-order valence-corrected chi connectivity index (χ3v) is 3.56. The SMILES string of the molecule is COc1ccc(NC(=O)[C@H](COCc2ccccc2)C(C)=O)cc1. The van der Waals surface area contributed by atoms with E-state index >= 15 is 0 Å². The first-order valence-corrected chi connectivity index (χ1v) is 7.67. The number of carbonyl (C=O) groups is 2. The van der Waals surface area contributed by atoms with Crippen molar-refractivity contribution >= 4 is 17.4 Å². The second-order valence-electron chi connectivity index (χ2n) is 5.38. The summed E-state index contributed by atoms with van der Waals surface area (Å²) < 4.78 is 10.6. The number of hydrogen-bond donors (Lipinski definition) is 1. The molecule has 5 nitrogen and oxygen atoms in total. The topological polar surface area (TPSA) is 64.6 Å². The third-order valence-electron chi connectivity index (χ3n) is 3.56. The molecule has 0 unspecified atom stereocenters. The highest BCUT2D eigenvalue weighted by Crippen LogP contribution is 2.16. The minimum atomic E-state index is -0.837. The van der Waals surface area contributed by atoms with Gasteiger partial charge in [0.15, 0.2) is 0 Å². The Hall–Kier alpha value is -2.66. The van der Waals surface area contributed by atoms with Gasteiger partial charge in [-0.3, -0.25) is 9.59 Å². The normalized spacial score (nSPS) is 11.6. The molecule has 2 aromatic rings. The molecule has 1 amide bonds. The molecule has 1 atom stereocenters. The summed E-state index contributed by atoms with van der Waals surface area (Å²) in [4.78, 5) is 24.1. The van der Waals surface area contributed by atoms with Crippen LogP contribution in [0.1, 0.15) is 12.5 Å². The van der Waals surface area contributed by atoms with Gasteiger partial charge in [0.05, 0.1) is 20.3 Å². The molecule has 5 heteroatoms. The predicted octanol–water partition coefficient (Wildman–Crippen LogP) is 3.06. The highest BCUT2D eigenvalue weighted by molar-refractivity contribution is 6.06. The molecule has 1 N–H and O–H groups in total. The van der Waals surface area contributed by atoms with Crippen LogP contribution in [0.15, 0.2) is 54.6 Å². The molecular formula is C19H21NO4. The van der Waals surface area contributed by atoms with Gasteiger partial charge in [-0.25, -0.2) is 0 Å². The van der Waals surface area contributed by atoms with E-state index in [1.54, 1.807) is 31.4 Å². The number of carbonyl (C=O) groups excluding carboxylic acids is 2. The fourth-order valence-electron chi connectivity index (χ4n) is 2.15. The Labute approximate surface area is 141 Å². The second kappa shape index (κ2) is 8.84. The second-order valence-corrected chi connectivity index (χ2v) is 5.38. The Balaban J connectivity index is 1.90. The van der Waals surface area contributed by atoms with Crippen LogP contribution < -0.4 is 10.1 Å². The van der Waals surface area contributed by atoms with Crippen LogP contribution in [0.25, 0.3) is 0 Å². The Bertz CT molecular complexity index is 668. The maximum Gasteiger partial charge on any atom is 0.237 e. The lowest BCUT2D eigenvalue weighted by Crippen LogP contribution is -2.32. The fourth-order valence-corrected chi connectivity index (χ4v) is 2.15. The average molecular weight is 327 g/mol. The van der Waals surface area contributed by atoms with Crippen molar-refractivity contribution in [2.45, 2.75) is 13.5 Å². The van der Waals surface area contributed by atoms with E-state index in [9.17, 15) is 9.59 Å². The van der Waals surface area contributed by atoms with Crippen molar-refractivity contribution in [1.29, 1.82) is 0 Å². The third kappa shape index (κ3) is 5.21. The number of rotatable bonds is 8. The van der Waals surface area contributed by atoms with Gasteiger partial charge in [-0.1, -0.05) is 30.3 Å². The number of hydrogen-bond acceptors (Lipinski definition) is 4. The molecule has 2 aromatic carbocycles. The number of benzene rings is 2. The predicted molar refractivity (Wildman–Crippen MR) is 91.9 cm³/mol. The zero-order valence-electron chi connectivity index (χ0n) is 13.8. The van der Waals surface area contributed by atoms with Gasteiger partial charge < -0.3 is 14.8 Å². The first-order valence-electron chi connectivity index (χ1n) is 7.67. The van der Waals surface area contributed by atoms with E-state index in [1.165, 1.54) is 6.92 Å². The van der Waals surface area contributed by atoms with Crippen LogP contribution >= 0.6 is 0 Å². The number of Topliss-reactive ketones (excluding diaryl/α,β-unsaturated/α-hetero) is 1. The first-order chi connectivity index (χ1) is 11.6. The molecule has 0 aromatic heterocycles. The molecule has 0 heterocycles. The molecule has 0 aliphatic carbocycles. The van der Waals surface area contributed by atoms with Gasteiger partial charge in [-0.2, -0.15) is 0 Å². The lowest BCUT2D eigenvalue weighted by molar-refractivity contribution is -0.132. The minimum Gasteiger partial charge on any atom is -0.497 e. The van der Waals surface area contributed by atoms with E-state index in [-0.39, 0.29) is 18.3 Å². The van der Waals surface area contributed by atoms with Gasteiger partial charge in [0.1, 0.15) is 17.5 Å². The maximum atomic E-state index is 12.3. The summed E-state index contributed by atoms with van der Waals surface area (Å²) in [5.41, 5.74) is 1.60. The number of nitrogens with one attached hydrogen (secondary N) is 1. The maximum absolute atomic E-state index is 12.3. The van der Waals surface area contributed by atoms with Gasteiger partial charge in [0.2, 0.25) is 5.91 Å². The zero-order chi connectivity index (χ0) is 17.4. The van der Waals surface area contributed by atoms with E-state index in [0.717, 1.165) is 5.56 Å². The van der Waals surface area contributed by atoms with Crippen LogP contribution in [0.2, 0.25) is 0 Å². The highest BCUT2D eigenvalue weighted by atomic mass is 16.5. The summed E-state index contributed by atoms with van der Waals surface area (Å²) in [6.07, 6.45) is 0. The smallest absolute Gasteiger partial charge is 0.237 e. The van der Waals surface area contributed by atoms with Gasteiger partial charge in [0.25, 0.3) is 0 Å². The monoisotopic (exact) mass is 327 g/mol. The van der Waals surface area contributed by atoms with E-state index in [2.05, 4.69) is 5.32 Å². The number of ether oxygens (including phenoxy) is 2. The van der Waals surface area contributed by atoms with E-state index in [4.69, 9.17) is 9.47 Å². The summed E-state index contributed by atoms with van der Waals surface area (Å²) in [5, 5.41) is 2.73. The Kier molecular flexibility index (Phi) is 6.51. The van der Waals surface area contributed by atoms with Crippen LogP contribution in [0, 0.1) is 5.92 Å². The molecule has 2 rings (SSSR count). The van der Waals surface area contributed by atoms with Gasteiger partial charge in [-0.05, 0) is 36.8 Å². The molecule has 0 bridgehead atoms. The quantitative estimate of drug-likeness (QED) is 0.757.